The van der Waals surface area contributed by atoms with Crippen LogP contribution in [0.4, 0.5) is 24.5 Å². The highest BCUT2D eigenvalue weighted by atomic mass is 19.1. The molecule has 0 spiro atoms. The number of rotatable bonds is 3. The zero-order valence-corrected chi connectivity index (χ0v) is 11.4. The number of benzene rings is 2. The van der Waals surface area contributed by atoms with E-state index in [1.54, 1.807) is 6.92 Å². The molecule has 2 aromatic rings. The Bertz CT molecular complexity index is 678. The fourth-order valence-corrected chi connectivity index (χ4v) is 1.87. The summed E-state index contributed by atoms with van der Waals surface area (Å²) in [5.74, 6) is -2.99. The molecule has 2 N–H and O–H groups in total. The van der Waals surface area contributed by atoms with Crippen LogP contribution in [0.25, 0.3) is 0 Å². The molecule has 0 aliphatic carbocycles. The average Bonchev–Trinajstić information content (AvgIpc) is 2.42. The van der Waals surface area contributed by atoms with E-state index in [1.165, 1.54) is 19.2 Å². The summed E-state index contributed by atoms with van der Waals surface area (Å²) in [7, 11) is 1.37. The maximum atomic E-state index is 13.6. The zero-order chi connectivity index (χ0) is 15.6. The number of halogens is 3. The van der Waals surface area contributed by atoms with Gasteiger partial charge < -0.3 is 10.6 Å². The lowest BCUT2D eigenvalue weighted by Crippen LogP contribution is -2.14. The van der Waals surface area contributed by atoms with Crippen molar-refractivity contribution in [2.75, 3.05) is 17.7 Å². The van der Waals surface area contributed by atoms with E-state index in [-0.39, 0.29) is 16.9 Å². The van der Waals surface area contributed by atoms with Crippen LogP contribution in [-0.2, 0) is 0 Å². The van der Waals surface area contributed by atoms with E-state index in [1.807, 2.05) is 0 Å². The number of hydrogen-bond donors (Lipinski definition) is 2. The predicted molar refractivity (Wildman–Crippen MR) is 75.0 cm³/mol. The summed E-state index contributed by atoms with van der Waals surface area (Å²) in [6, 6.07) is 5.72. The van der Waals surface area contributed by atoms with Crippen molar-refractivity contribution < 1.29 is 18.0 Å². The third-order valence-corrected chi connectivity index (χ3v) is 3.00. The number of hydrogen-bond acceptors (Lipinski definition) is 2. The number of carbonyl (C=O) groups excluding carboxylic acids is 1. The molecule has 0 radical (unpaired) electrons. The Morgan fingerprint density at radius 1 is 1.05 bits per heavy atom. The van der Waals surface area contributed by atoms with E-state index < -0.39 is 23.4 Å². The summed E-state index contributed by atoms with van der Waals surface area (Å²) in [6.45, 7) is 1.68. The molecule has 0 aliphatic heterocycles. The first-order valence-corrected chi connectivity index (χ1v) is 6.16. The van der Waals surface area contributed by atoms with Gasteiger partial charge in [0.2, 0.25) is 0 Å². The molecular formula is C15H13F3N2O. The predicted octanol–water partition coefficient (Wildman–Crippen LogP) is 3.71. The van der Waals surface area contributed by atoms with Gasteiger partial charge in [-0.3, -0.25) is 4.79 Å². The van der Waals surface area contributed by atoms with E-state index in [0.29, 0.717) is 5.56 Å². The number of aryl methyl sites for hydroxylation is 1. The first-order chi connectivity index (χ1) is 9.92. The van der Waals surface area contributed by atoms with Crippen molar-refractivity contribution in [3.63, 3.8) is 0 Å². The van der Waals surface area contributed by atoms with Crippen LogP contribution in [0.3, 0.4) is 0 Å². The highest BCUT2D eigenvalue weighted by molar-refractivity contribution is 6.04. The summed E-state index contributed by atoms with van der Waals surface area (Å²) in [4.78, 5) is 12.0. The molecule has 0 saturated heterocycles. The van der Waals surface area contributed by atoms with Gasteiger partial charge in [0.1, 0.15) is 23.1 Å². The Labute approximate surface area is 119 Å². The van der Waals surface area contributed by atoms with Crippen LogP contribution in [-0.4, -0.2) is 13.0 Å². The van der Waals surface area contributed by atoms with Crippen LogP contribution in [0.2, 0.25) is 0 Å². The molecule has 2 aromatic carbocycles. The maximum Gasteiger partial charge on any atom is 0.255 e. The molecule has 3 nitrogen and oxygen atoms in total. The number of anilines is 2. The van der Waals surface area contributed by atoms with Gasteiger partial charge in [-0.15, -0.1) is 0 Å². The molecule has 0 aromatic heterocycles. The van der Waals surface area contributed by atoms with Crippen molar-refractivity contribution in [1.29, 1.82) is 0 Å². The highest BCUT2D eigenvalue weighted by Gasteiger charge is 2.15. The van der Waals surface area contributed by atoms with Gasteiger partial charge in [0.15, 0.2) is 0 Å². The molecule has 0 aliphatic rings. The molecule has 110 valence electrons. The minimum atomic E-state index is -0.876. The minimum absolute atomic E-state index is 0.187. The largest absolute Gasteiger partial charge is 0.383 e. The van der Waals surface area contributed by atoms with Crippen LogP contribution in [0, 0.1) is 24.4 Å². The first kappa shape index (κ1) is 14.9. The summed E-state index contributed by atoms with van der Waals surface area (Å²) in [5, 5.41) is 4.79. The second-order valence-electron chi connectivity index (χ2n) is 4.48. The fraction of sp³-hybridized carbons (Fsp3) is 0.133. The summed E-state index contributed by atoms with van der Waals surface area (Å²) in [6.07, 6.45) is 0. The molecular weight excluding hydrogens is 281 g/mol. The van der Waals surface area contributed by atoms with E-state index in [0.717, 1.165) is 18.2 Å². The van der Waals surface area contributed by atoms with Crippen molar-refractivity contribution in [3.05, 3.63) is 58.9 Å². The standard InChI is InChI=1S/C15H13F3N2O/c1-8-3-4-10(16)7-13(8)20-15(21)9-5-11(17)14(19-2)12(18)6-9/h3-7,19H,1-2H3,(H,20,21). The smallest absolute Gasteiger partial charge is 0.255 e. The second-order valence-corrected chi connectivity index (χ2v) is 4.48. The van der Waals surface area contributed by atoms with Gasteiger partial charge in [-0.1, -0.05) is 6.07 Å². The van der Waals surface area contributed by atoms with Crippen LogP contribution in [0.15, 0.2) is 30.3 Å². The van der Waals surface area contributed by atoms with Gasteiger partial charge in [0, 0.05) is 18.3 Å². The lowest BCUT2D eigenvalue weighted by atomic mass is 10.1. The first-order valence-electron chi connectivity index (χ1n) is 6.16. The van der Waals surface area contributed by atoms with Crippen LogP contribution in [0.5, 0.6) is 0 Å². The second kappa shape index (κ2) is 5.87. The fourth-order valence-electron chi connectivity index (χ4n) is 1.87. The Kier molecular flexibility index (Phi) is 4.16. The Hall–Kier alpha value is -2.50. The van der Waals surface area contributed by atoms with E-state index in [9.17, 15) is 18.0 Å². The van der Waals surface area contributed by atoms with Gasteiger partial charge in [-0.25, -0.2) is 13.2 Å². The number of nitrogens with one attached hydrogen (secondary N) is 2. The topological polar surface area (TPSA) is 41.1 Å². The molecule has 0 bridgehead atoms. The SMILES string of the molecule is CNc1c(F)cc(C(=O)Nc2cc(F)ccc2C)cc1F. The van der Waals surface area contributed by atoms with Crippen molar-refractivity contribution >= 4 is 17.3 Å². The zero-order valence-electron chi connectivity index (χ0n) is 11.4. The van der Waals surface area contributed by atoms with Gasteiger partial charge in [0.05, 0.1) is 0 Å². The van der Waals surface area contributed by atoms with E-state index >= 15 is 0 Å². The highest BCUT2D eigenvalue weighted by Crippen LogP contribution is 2.22. The maximum absolute atomic E-state index is 13.6. The van der Waals surface area contributed by atoms with Gasteiger partial charge in [0.25, 0.3) is 5.91 Å². The molecule has 6 heteroatoms. The van der Waals surface area contributed by atoms with Crippen LogP contribution < -0.4 is 10.6 Å². The number of carbonyl (C=O) groups is 1. The molecule has 0 fully saturated rings. The van der Waals surface area contributed by atoms with E-state index in [2.05, 4.69) is 10.6 Å². The molecule has 0 heterocycles. The molecule has 0 unspecified atom stereocenters. The average molecular weight is 294 g/mol. The molecule has 2 rings (SSSR count). The third-order valence-electron chi connectivity index (χ3n) is 3.00. The molecule has 0 saturated carbocycles. The normalized spacial score (nSPS) is 10.3. The van der Waals surface area contributed by atoms with Crippen molar-refractivity contribution in [2.45, 2.75) is 6.92 Å². The quantitative estimate of drug-likeness (QED) is 0.906. The molecule has 1 amide bonds. The van der Waals surface area contributed by atoms with Crippen molar-refractivity contribution in [1.82, 2.24) is 0 Å². The Balaban J connectivity index is 2.31. The van der Waals surface area contributed by atoms with Crippen molar-refractivity contribution in [2.24, 2.45) is 0 Å². The minimum Gasteiger partial charge on any atom is -0.383 e. The lowest BCUT2D eigenvalue weighted by Gasteiger charge is -2.10. The summed E-state index contributed by atoms with van der Waals surface area (Å²) >= 11 is 0. The monoisotopic (exact) mass is 294 g/mol. The van der Waals surface area contributed by atoms with Gasteiger partial charge in [-0.05, 0) is 36.8 Å². The van der Waals surface area contributed by atoms with Gasteiger partial charge in [-0.2, -0.15) is 0 Å². The van der Waals surface area contributed by atoms with E-state index in [4.69, 9.17) is 0 Å². The Morgan fingerprint density at radius 2 is 1.67 bits per heavy atom. The summed E-state index contributed by atoms with van der Waals surface area (Å²) in [5.41, 5.74) is 0.386. The van der Waals surface area contributed by atoms with Crippen LogP contribution in [0.1, 0.15) is 15.9 Å². The third kappa shape index (κ3) is 3.16. The van der Waals surface area contributed by atoms with Gasteiger partial charge >= 0.3 is 0 Å². The number of amides is 1. The summed E-state index contributed by atoms with van der Waals surface area (Å²) < 4.78 is 40.4. The van der Waals surface area contributed by atoms with Crippen molar-refractivity contribution in [3.8, 4) is 0 Å². The molecule has 0 atom stereocenters. The molecule has 21 heavy (non-hydrogen) atoms. The lowest BCUT2D eigenvalue weighted by molar-refractivity contribution is 0.102. The Morgan fingerprint density at radius 3 is 2.24 bits per heavy atom. The van der Waals surface area contributed by atoms with Crippen LogP contribution >= 0.6 is 0 Å².